The minimum Gasteiger partial charge on any atom is -0.345 e. The second-order valence-electron chi connectivity index (χ2n) is 4.73. The fraction of sp³-hybridized carbons (Fsp3) is 0.900. The average molecular weight is 240 g/mol. The molecule has 1 amide bonds. The maximum atomic E-state index is 11.9. The molecule has 0 spiro atoms. The molecular weight excluding hydrogens is 221 g/mol. The summed E-state index contributed by atoms with van der Waals surface area (Å²) in [5.41, 5.74) is 5.20. The van der Waals surface area contributed by atoms with Crippen LogP contribution in [0.4, 0.5) is 13.2 Å². The molecule has 0 heterocycles. The molecule has 0 unspecified atom stereocenters. The third-order valence-corrected chi connectivity index (χ3v) is 2.27. The van der Waals surface area contributed by atoms with Gasteiger partial charge in [0.05, 0.1) is 6.42 Å². The van der Waals surface area contributed by atoms with Gasteiger partial charge in [-0.2, -0.15) is 13.2 Å². The van der Waals surface area contributed by atoms with Gasteiger partial charge in [0.25, 0.3) is 0 Å². The molecule has 0 aliphatic rings. The van der Waals surface area contributed by atoms with Crippen LogP contribution in [-0.2, 0) is 4.79 Å². The van der Waals surface area contributed by atoms with Crippen LogP contribution < -0.4 is 5.73 Å². The lowest BCUT2D eigenvalue weighted by Crippen LogP contribution is -2.40. The van der Waals surface area contributed by atoms with Gasteiger partial charge in [0.15, 0.2) is 0 Å². The zero-order chi connectivity index (χ0) is 13.0. The van der Waals surface area contributed by atoms with E-state index in [0.717, 1.165) is 0 Å². The lowest BCUT2D eigenvalue weighted by atomic mass is 9.93. The van der Waals surface area contributed by atoms with Crippen LogP contribution >= 0.6 is 0 Å². The van der Waals surface area contributed by atoms with E-state index in [9.17, 15) is 18.0 Å². The molecule has 0 aliphatic heterocycles. The van der Waals surface area contributed by atoms with Gasteiger partial charge in [0, 0.05) is 20.0 Å². The van der Waals surface area contributed by atoms with Crippen molar-refractivity contribution in [2.75, 3.05) is 20.1 Å². The van der Waals surface area contributed by atoms with Gasteiger partial charge < -0.3 is 10.6 Å². The van der Waals surface area contributed by atoms with Gasteiger partial charge in [-0.15, -0.1) is 0 Å². The first kappa shape index (κ1) is 15.2. The lowest BCUT2D eigenvalue weighted by molar-refractivity contribution is -0.149. The van der Waals surface area contributed by atoms with Crippen molar-refractivity contribution in [1.82, 2.24) is 4.90 Å². The number of rotatable bonds is 5. The van der Waals surface area contributed by atoms with Crippen molar-refractivity contribution in [2.24, 2.45) is 11.1 Å². The SMILES string of the molecule is CN(CC(C)(C)CN)C(=O)CCC(F)(F)F. The number of nitrogens with two attached hydrogens (primary N) is 1. The molecule has 0 radical (unpaired) electrons. The van der Waals surface area contributed by atoms with E-state index in [2.05, 4.69) is 0 Å². The Bertz CT molecular complexity index is 239. The number of hydrogen-bond donors (Lipinski definition) is 1. The Hall–Kier alpha value is -0.780. The van der Waals surface area contributed by atoms with Gasteiger partial charge in [0.2, 0.25) is 5.91 Å². The molecule has 0 aromatic carbocycles. The second kappa shape index (κ2) is 5.52. The predicted octanol–water partition coefficient (Wildman–Crippen LogP) is 1.77. The summed E-state index contributed by atoms with van der Waals surface area (Å²) in [6, 6.07) is 0. The fourth-order valence-corrected chi connectivity index (χ4v) is 1.23. The fourth-order valence-electron chi connectivity index (χ4n) is 1.23. The smallest absolute Gasteiger partial charge is 0.345 e. The van der Waals surface area contributed by atoms with Crippen molar-refractivity contribution in [1.29, 1.82) is 0 Å². The minimum absolute atomic E-state index is 0.275. The number of hydrogen-bond acceptors (Lipinski definition) is 2. The Kier molecular flexibility index (Phi) is 5.25. The van der Waals surface area contributed by atoms with E-state index in [0.29, 0.717) is 13.1 Å². The second-order valence-corrected chi connectivity index (χ2v) is 4.73. The van der Waals surface area contributed by atoms with Gasteiger partial charge in [-0.25, -0.2) is 0 Å². The number of alkyl halides is 3. The average Bonchev–Trinajstić information content (AvgIpc) is 2.12. The van der Waals surface area contributed by atoms with E-state index >= 15 is 0 Å². The third-order valence-electron chi connectivity index (χ3n) is 2.27. The third kappa shape index (κ3) is 6.66. The quantitative estimate of drug-likeness (QED) is 0.796. The van der Waals surface area contributed by atoms with Crippen LogP contribution in [0.5, 0.6) is 0 Å². The summed E-state index contributed by atoms with van der Waals surface area (Å²) in [4.78, 5) is 12.7. The summed E-state index contributed by atoms with van der Waals surface area (Å²) in [6.07, 6.45) is -5.85. The van der Waals surface area contributed by atoms with Crippen LogP contribution in [0.15, 0.2) is 0 Å². The molecule has 0 atom stereocenters. The minimum atomic E-state index is -4.28. The normalized spacial score (nSPS) is 12.7. The van der Waals surface area contributed by atoms with E-state index < -0.39 is 24.9 Å². The topological polar surface area (TPSA) is 46.3 Å². The van der Waals surface area contributed by atoms with Crippen molar-refractivity contribution in [3.8, 4) is 0 Å². The molecular formula is C10H19F3N2O. The zero-order valence-electron chi connectivity index (χ0n) is 9.90. The van der Waals surface area contributed by atoms with Gasteiger partial charge in [-0.1, -0.05) is 13.8 Å². The monoisotopic (exact) mass is 240 g/mol. The maximum Gasteiger partial charge on any atom is 0.389 e. The highest BCUT2D eigenvalue weighted by atomic mass is 19.4. The molecule has 0 aliphatic carbocycles. The van der Waals surface area contributed by atoms with E-state index in [1.165, 1.54) is 11.9 Å². The van der Waals surface area contributed by atoms with Crippen molar-refractivity contribution in [3.63, 3.8) is 0 Å². The van der Waals surface area contributed by atoms with E-state index in [-0.39, 0.29) is 5.41 Å². The van der Waals surface area contributed by atoms with Gasteiger partial charge in [0.1, 0.15) is 0 Å². The van der Waals surface area contributed by atoms with Crippen LogP contribution in [0.3, 0.4) is 0 Å². The summed E-state index contributed by atoms with van der Waals surface area (Å²) in [5, 5.41) is 0. The van der Waals surface area contributed by atoms with Crippen molar-refractivity contribution >= 4 is 5.91 Å². The predicted molar refractivity (Wildman–Crippen MR) is 55.8 cm³/mol. The highest BCUT2D eigenvalue weighted by molar-refractivity contribution is 5.75. The Morgan fingerprint density at radius 2 is 1.81 bits per heavy atom. The molecule has 0 saturated heterocycles. The molecule has 0 saturated carbocycles. The Morgan fingerprint density at radius 3 is 2.19 bits per heavy atom. The standard InChI is InChI=1S/C10H19F3N2O/c1-9(2,6-14)7-15(3)8(16)4-5-10(11,12)13/h4-7,14H2,1-3H3. The lowest BCUT2D eigenvalue weighted by Gasteiger charge is -2.29. The van der Waals surface area contributed by atoms with Crippen molar-refractivity contribution in [2.45, 2.75) is 32.9 Å². The first-order chi connectivity index (χ1) is 7.07. The van der Waals surface area contributed by atoms with E-state index in [1.807, 2.05) is 13.8 Å². The molecule has 0 rings (SSSR count). The summed E-state index contributed by atoms with van der Waals surface area (Å²) < 4.78 is 35.7. The largest absolute Gasteiger partial charge is 0.389 e. The number of amides is 1. The molecule has 16 heavy (non-hydrogen) atoms. The van der Waals surface area contributed by atoms with Crippen LogP contribution in [0, 0.1) is 5.41 Å². The van der Waals surface area contributed by atoms with E-state index in [1.54, 1.807) is 0 Å². The molecule has 0 aromatic heterocycles. The van der Waals surface area contributed by atoms with Crippen LogP contribution in [-0.4, -0.2) is 37.1 Å². The van der Waals surface area contributed by atoms with Crippen LogP contribution in [0.25, 0.3) is 0 Å². The van der Waals surface area contributed by atoms with Crippen LogP contribution in [0.1, 0.15) is 26.7 Å². The summed E-state index contributed by atoms with van der Waals surface area (Å²) in [7, 11) is 1.50. The summed E-state index contributed by atoms with van der Waals surface area (Å²) >= 11 is 0. The molecule has 2 N–H and O–H groups in total. The summed E-state index contributed by atoms with van der Waals surface area (Å²) in [5.74, 6) is -0.501. The maximum absolute atomic E-state index is 11.9. The van der Waals surface area contributed by atoms with Gasteiger partial charge in [-0.3, -0.25) is 4.79 Å². The van der Waals surface area contributed by atoms with Crippen LogP contribution in [0.2, 0.25) is 0 Å². The number of carbonyl (C=O) groups is 1. The molecule has 0 bridgehead atoms. The Balaban J connectivity index is 4.10. The van der Waals surface area contributed by atoms with Crippen molar-refractivity contribution < 1.29 is 18.0 Å². The first-order valence-corrected chi connectivity index (χ1v) is 5.08. The molecule has 96 valence electrons. The zero-order valence-corrected chi connectivity index (χ0v) is 9.90. The molecule has 6 heteroatoms. The molecule has 0 fully saturated rings. The Labute approximate surface area is 93.8 Å². The van der Waals surface area contributed by atoms with Gasteiger partial charge >= 0.3 is 6.18 Å². The Morgan fingerprint density at radius 1 is 1.31 bits per heavy atom. The number of carbonyl (C=O) groups excluding carboxylic acids is 1. The van der Waals surface area contributed by atoms with E-state index in [4.69, 9.17) is 5.73 Å². The number of nitrogens with zero attached hydrogens (tertiary/aromatic N) is 1. The molecule has 0 aromatic rings. The molecule has 3 nitrogen and oxygen atoms in total. The van der Waals surface area contributed by atoms with Gasteiger partial charge in [-0.05, 0) is 12.0 Å². The first-order valence-electron chi connectivity index (χ1n) is 5.08. The van der Waals surface area contributed by atoms with Crippen molar-refractivity contribution in [3.05, 3.63) is 0 Å². The highest BCUT2D eigenvalue weighted by Gasteiger charge is 2.29. The number of halogens is 3. The summed E-state index contributed by atoms with van der Waals surface area (Å²) in [6.45, 7) is 4.46. The highest BCUT2D eigenvalue weighted by Crippen LogP contribution is 2.22.